The van der Waals surface area contributed by atoms with Crippen LogP contribution in [-0.4, -0.2) is 5.12 Å². The molecule has 0 fully saturated rings. The van der Waals surface area contributed by atoms with Gasteiger partial charge in [0.25, 0.3) is 0 Å². The first-order valence-corrected chi connectivity index (χ1v) is 9.77. The van der Waals surface area contributed by atoms with E-state index in [1.54, 1.807) is 0 Å². The van der Waals surface area contributed by atoms with Gasteiger partial charge in [-0.05, 0) is 31.6 Å². The van der Waals surface area contributed by atoms with Crippen molar-refractivity contribution in [1.29, 1.82) is 0 Å². The minimum atomic E-state index is -0.153. The Bertz CT molecular complexity index is 246. The van der Waals surface area contributed by atoms with Gasteiger partial charge in [0.05, 0.1) is 0 Å². The van der Waals surface area contributed by atoms with Crippen LogP contribution in [0.4, 0.5) is 0 Å². The van der Waals surface area contributed by atoms with Crippen LogP contribution in [0.25, 0.3) is 0 Å². The molecule has 0 saturated carbocycles. The molecule has 0 aliphatic rings. The van der Waals surface area contributed by atoms with Gasteiger partial charge in [-0.25, -0.2) is 0 Å². The van der Waals surface area contributed by atoms with E-state index < -0.39 is 0 Å². The molecule has 0 unspecified atom stereocenters. The van der Waals surface area contributed by atoms with Gasteiger partial charge >= 0.3 is 0 Å². The second kappa shape index (κ2) is 12.6. The van der Waals surface area contributed by atoms with E-state index in [4.69, 9.17) is 0 Å². The van der Waals surface area contributed by atoms with E-state index in [2.05, 4.69) is 40.3 Å². The maximum atomic E-state index is 12.5. The van der Waals surface area contributed by atoms with Crippen LogP contribution in [0.15, 0.2) is 0 Å². The average Bonchev–Trinajstić information content (AvgIpc) is 2.48. The van der Waals surface area contributed by atoms with Gasteiger partial charge in [0.1, 0.15) is 0 Å². The Morgan fingerprint density at radius 2 is 1.19 bits per heavy atom. The molecule has 0 aliphatic carbocycles. The Morgan fingerprint density at radius 1 is 0.810 bits per heavy atom. The maximum Gasteiger partial charge on any atom is 0.192 e. The van der Waals surface area contributed by atoms with Crippen LogP contribution >= 0.6 is 12.6 Å². The van der Waals surface area contributed by atoms with E-state index in [1.807, 2.05) is 0 Å². The third-order valence-corrected chi connectivity index (χ3v) is 5.42. The molecular formula is C19H38OS. The third-order valence-electron chi connectivity index (χ3n) is 4.97. The fourth-order valence-electron chi connectivity index (χ4n) is 3.50. The van der Waals surface area contributed by atoms with Gasteiger partial charge in [-0.1, -0.05) is 79.1 Å². The lowest BCUT2D eigenvalue weighted by Crippen LogP contribution is -2.37. The molecule has 0 radical (unpaired) electrons. The van der Waals surface area contributed by atoms with Gasteiger partial charge in [-0.2, -0.15) is 0 Å². The van der Waals surface area contributed by atoms with Crippen molar-refractivity contribution in [3.8, 4) is 0 Å². The third kappa shape index (κ3) is 7.21. The summed E-state index contributed by atoms with van der Waals surface area (Å²) in [5.74, 6) is 0.542. The zero-order valence-corrected chi connectivity index (χ0v) is 15.8. The molecule has 0 spiro atoms. The second-order valence-corrected chi connectivity index (χ2v) is 7.06. The summed E-state index contributed by atoms with van der Waals surface area (Å²) in [7, 11) is 0. The molecule has 0 saturated heterocycles. The highest BCUT2D eigenvalue weighted by atomic mass is 32.1. The number of unbranched alkanes of at least 4 members (excludes halogenated alkanes) is 4. The first-order chi connectivity index (χ1) is 10.1. The maximum absolute atomic E-state index is 12.5. The number of hydrogen-bond acceptors (Lipinski definition) is 1. The Labute approximate surface area is 139 Å². The van der Waals surface area contributed by atoms with Crippen molar-refractivity contribution in [2.75, 3.05) is 0 Å². The standard InChI is InChI=1S/C19H38OS/c1-5-9-13-17(14-10-6-2)19(18(20)21,15-11-7-3)16-12-8-4/h17H,5-16H2,1-4H3,(H,20,21). The number of carbonyl (C=O) groups excluding carboxylic acids is 1. The van der Waals surface area contributed by atoms with E-state index in [9.17, 15) is 4.79 Å². The number of thiol groups is 1. The first kappa shape index (κ1) is 21.0. The van der Waals surface area contributed by atoms with E-state index in [0.717, 1.165) is 25.7 Å². The molecule has 0 aliphatic heterocycles. The molecule has 0 rings (SSSR count). The smallest absolute Gasteiger partial charge is 0.192 e. The highest BCUT2D eigenvalue weighted by Gasteiger charge is 2.41. The van der Waals surface area contributed by atoms with Crippen LogP contribution in [0.1, 0.15) is 105 Å². The zero-order valence-electron chi connectivity index (χ0n) is 14.9. The minimum Gasteiger partial charge on any atom is -0.287 e. The predicted octanol–water partition coefficient (Wildman–Crippen LogP) is 6.81. The van der Waals surface area contributed by atoms with Crippen molar-refractivity contribution < 1.29 is 4.79 Å². The van der Waals surface area contributed by atoms with E-state index >= 15 is 0 Å². The summed E-state index contributed by atoms with van der Waals surface area (Å²) in [5.41, 5.74) is -0.153. The molecule has 0 heterocycles. The van der Waals surface area contributed by atoms with Crippen molar-refractivity contribution in [3.05, 3.63) is 0 Å². The summed E-state index contributed by atoms with van der Waals surface area (Å²) < 4.78 is 0. The van der Waals surface area contributed by atoms with Crippen LogP contribution in [0.2, 0.25) is 0 Å². The van der Waals surface area contributed by atoms with E-state index in [0.29, 0.717) is 5.92 Å². The summed E-state index contributed by atoms with van der Waals surface area (Å²) in [4.78, 5) is 12.5. The summed E-state index contributed by atoms with van der Waals surface area (Å²) in [6.07, 6.45) is 14.1. The summed E-state index contributed by atoms with van der Waals surface area (Å²) in [6.45, 7) is 8.94. The van der Waals surface area contributed by atoms with Crippen molar-refractivity contribution in [2.24, 2.45) is 11.3 Å². The average molecular weight is 315 g/mol. The van der Waals surface area contributed by atoms with Gasteiger partial charge in [0.2, 0.25) is 0 Å². The van der Waals surface area contributed by atoms with Crippen molar-refractivity contribution in [3.63, 3.8) is 0 Å². The number of rotatable bonds is 14. The predicted molar refractivity (Wildman–Crippen MR) is 98.0 cm³/mol. The van der Waals surface area contributed by atoms with Crippen LogP contribution in [-0.2, 0) is 4.79 Å². The molecule has 2 heteroatoms. The van der Waals surface area contributed by atoms with Crippen LogP contribution < -0.4 is 0 Å². The van der Waals surface area contributed by atoms with E-state index in [-0.39, 0.29) is 10.5 Å². The lowest BCUT2D eigenvalue weighted by molar-refractivity contribution is -0.124. The molecule has 0 amide bonds. The molecule has 21 heavy (non-hydrogen) atoms. The molecule has 1 nitrogen and oxygen atoms in total. The van der Waals surface area contributed by atoms with Gasteiger partial charge < -0.3 is 0 Å². The van der Waals surface area contributed by atoms with Gasteiger partial charge in [-0.3, -0.25) is 4.79 Å². The number of hydrogen-bond donors (Lipinski definition) is 1. The fraction of sp³-hybridized carbons (Fsp3) is 0.947. The quantitative estimate of drug-likeness (QED) is 0.349. The molecule has 0 aromatic carbocycles. The molecule has 0 atom stereocenters. The first-order valence-electron chi connectivity index (χ1n) is 9.32. The van der Waals surface area contributed by atoms with Gasteiger partial charge in [0, 0.05) is 5.41 Å². The second-order valence-electron chi connectivity index (χ2n) is 6.65. The van der Waals surface area contributed by atoms with Crippen molar-refractivity contribution in [1.82, 2.24) is 0 Å². The molecule has 0 bridgehead atoms. The highest BCUT2D eigenvalue weighted by molar-refractivity contribution is 7.96. The largest absolute Gasteiger partial charge is 0.287 e. The normalized spacial score (nSPS) is 12.1. The zero-order chi connectivity index (χ0) is 16.1. The molecule has 0 N–H and O–H groups in total. The monoisotopic (exact) mass is 314 g/mol. The Morgan fingerprint density at radius 3 is 1.48 bits per heavy atom. The fourth-order valence-corrected chi connectivity index (χ4v) is 3.91. The van der Waals surface area contributed by atoms with Crippen molar-refractivity contribution in [2.45, 2.75) is 105 Å². The number of carbonyl (C=O) groups is 1. The highest BCUT2D eigenvalue weighted by Crippen LogP contribution is 2.45. The SMILES string of the molecule is CCCCC(CCCC)C(CCCC)(CCCC)C(=O)S. The summed E-state index contributed by atoms with van der Waals surface area (Å²) in [5, 5.41) is 0.168. The van der Waals surface area contributed by atoms with E-state index in [1.165, 1.54) is 51.4 Å². The molecular weight excluding hydrogens is 276 g/mol. The Balaban J connectivity index is 5.21. The summed E-state index contributed by atoms with van der Waals surface area (Å²) in [6, 6.07) is 0. The minimum absolute atomic E-state index is 0.153. The topological polar surface area (TPSA) is 17.1 Å². The Kier molecular flexibility index (Phi) is 12.6. The van der Waals surface area contributed by atoms with Crippen LogP contribution in [0.5, 0.6) is 0 Å². The molecule has 0 aromatic rings. The molecule has 0 aromatic heterocycles. The van der Waals surface area contributed by atoms with Crippen molar-refractivity contribution >= 4 is 17.7 Å². The lowest BCUT2D eigenvalue weighted by atomic mass is 9.66. The summed E-state index contributed by atoms with van der Waals surface area (Å²) >= 11 is 4.37. The van der Waals surface area contributed by atoms with Crippen LogP contribution in [0, 0.1) is 11.3 Å². The lowest BCUT2D eigenvalue weighted by Gasteiger charge is -2.39. The molecule has 126 valence electrons. The van der Waals surface area contributed by atoms with Gasteiger partial charge in [-0.15, -0.1) is 12.6 Å². The van der Waals surface area contributed by atoms with Gasteiger partial charge in [0.15, 0.2) is 5.12 Å². The van der Waals surface area contributed by atoms with Crippen LogP contribution in [0.3, 0.4) is 0 Å². The Hall–Kier alpha value is 0.0200.